The number of hydrogen-bond acceptors (Lipinski definition) is 3. The molecule has 3 aromatic rings. The van der Waals surface area contributed by atoms with Crippen LogP contribution in [0.25, 0.3) is 0 Å². The molecule has 0 aliphatic carbocycles. The minimum absolute atomic E-state index is 0.104. The number of rotatable bonds is 7. The van der Waals surface area contributed by atoms with Crippen LogP contribution in [0.3, 0.4) is 0 Å². The van der Waals surface area contributed by atoms with Crippen LogP contribution in [0, 0.1) is 5.82 Å². The molecule has 0 fully saturated rings. The maximum Gasteiger partial charge on any atom is 0.287 e. The highest BCUT2D eigenvalue weighted by Crippen LogP contribution is 2.21. The van der Waals surface area contributed by atoms with Crippen LogP contribution < -0.4 is 5.32 Å². The smallest absolute Gasteiger partial charge is 0.287 e. The highest BCUT2D eigenvalue weighted by Gasteiger charge is 2.15. The van der Waals surface area contributed by atoms with Crippen molar-refractivity contribution in [2.45, 2.75) is 24.5 Å². The lowest BCUT2D eigenvalue weighted by atomic mass is 10.1. The van der Waals surface area contributed by atoms with Crippen LogP contribution in [-0.4, -0.2) is 5.91 Å². The highest BCUT2D eigenvalue weighted by molar-refractivity contribution is 7.97. The third-order valence-corrected chi connectivity index (χ3v) is 5.00. The van der Waals surface area contributed by atoms with E-state index in [9.17, 15) is 9.18 Å². The molecule has 0 saturated carbocycles. The lowest BCUT2D eigenvalue weighted by Gasteiger charge is -2.13. The van der Waals surface area contributed by atoms with Crippen molar-refractivity contribution < 1.29 is 13.6 Å². The minimum atomic E-state index is -0.244. The van der Waals surface area contributed by atoms with Crippen molar-refractivity contribution in [2.75, 3.05) is 0 Å². The number of carbonyl (C=O) groups is 1. The second kappa shape index (κ2) is 8.72. The number of thioether (sulfide) groups is 1. The number of halogens is 1. The summed E-state index contributed by atoms with van der Waals surface area (Å²) in [7, 11) is 0. The fraction of sp³-hybridized carbons (Fsp3) is 0.190. The van der Waals surface area contributed by atoms with Gasteiger partial charge in [-0.1, -0.05) is 48.5 Å². The Morgan fingerprint density at radius 1 is 1.04 bits per heavy atom. The third kappa shape index (κ3) is 4.76. The Morgan fingerprint density at radius 2 is 1.77 bits per heavy atom. The maximum atomic E-state index is 13.6. The van der Waals surface area contributed by atoms with Gasteiger partial charge in [0.05, 0.1) is 11.8 Å². The van der Waals surface area contributed by atoms with Crippen molar-refractivity contribution in [3.63, 3.8) is 0 Å². The van der Waals surface area contributed by atoms with Gasteiger partial charge in [0.25, 0.3) is 5.91 Å². The first-order chi connectivity index (χ1) is 12.6. The molecule has 0 aliphatic rings. The second-order valence-corrected chi connectivity index (χ2v) is 6.94. The Kier molecular flexibility index (Phi) is 6.12. The van der Waals surface area contributed by atoms with Gasteiger partial charge < -0.3 is 9.73 Å². The first kappa shape index (κ1) is 18.3. The molecule has 3 nitrogen and oxygen atoms in total. The van der Waals surface area contributed by atoms with Gasteiger partial charge in [0, 0.05) is 5.75 Å². The molecule has 1 N–H and O–H groups in total. The number of nitrogens with one attached hydrogen (secondary N) is 1. The molecule has 3 rings (SSSR count). The summed E-state index contributed by atoms with van der Waals surface area (Å²) < 4.78 is 19.2. The Bertz CT molecular complexity index is 863. The number of furan rings is 1. The predicted octanol–water partition coefficient (Wildman–Crippen LogP) is 5.34. The lowest BCUT2D eigenvalue weighted by Crippen LogP contribution is -2.26. The quantitative estimate of drug-likeness (QED) is 0.611. The van der Waals surface area contributed by atoms with Gasteiger partial charge in [0.15, 0.2) is 5.76 Å². The standard InChI is InChI=1S/C21H20FNO2S/c1-15(16-7-3-2-4-8-16)23-21(24)20-12-11-18(25-20)14-26-13-17-9-5-6-10-19(17)22/h2-12,15H,13-14H2,1H3,(H,23,24)/t15-/m0/s1. The summed E-state index contributed by atoms with van der Waals surface area (Å²) >= 11 is 1.54. The molecular formula is C21H20FNO2S. The Labute approximate surface area is 156 Å². The van der Waals surface area contributed by atoms with E-state index >= 15 is 0 Å². The van der Waals surface area contributed by atoms with Gasteiger partial charge in [0.1, 0.15) is 11.6 Å². The van der Waals surface area contributed by atoms with E-state index < -0.39 is 0 Å². The fourth-order valence-corrected chi connectivity index (χ4v) is 3.46. The molecule has 0 spiro atoms. The summed E-state index contributed by atoms with van der Waals surface area (Å²) in [6.07, 6.45) is 0. The van der Waals surface area contributed by atoms with E-state index in [1.54, 1.807) is 36.0 Å². The summed E-state index contributed by atoms with van der Waals surface area (Å²) in [5.41, 5.74) is 1.70. The normalized spacial score (nSPS) is 11.9. The molecule has 1 amide bonds. The Morgan fingerprint density at radius 3 is 2.54 bits per heavy atom. The van der Waals surface area contributed by atoms with Gasteiger partial charge in [-0.2, -0.15) is 0 Å². The van der Waals surface area contributed by atoms with E-state index in [4.69, 9.17) is 4.42 Å². The van der Waals surface area contributed by atoms with Gasteiger partial charge in [-0.25, -0.2) is 4.39 Å². The van der Waals surface area contributed by atoms with E-state index in [1.807, 2.05) is 43.3 Å². The van der Waals surface area contributed by atoms with Crippen molar-refractivity contribution in [3.05, 3.63) is 95.2 Å². The Balaban J connectivity index is 1.52. The van der Waals surface area contributed by atoms with E-state index in [1.165, 1.54) is 6.07 Å². The topological polar surface area (TPSA) is 42.2 Å². The number of benzene rings is 2. The van der Waals surface area contributed by atoms with Crippen molar-refractivity contribution >= 4 is 17.7 Å². The van der Waals surface area contributed by atoms with E-state index in [-0.39, 0.29) is 23.5 Å². The minimum Gasteiger partial charge on any atom is -0.455 e. The van der Waals surface area contributed by atoms with Crippen LogP contribution in [0.4, 0.5) is 4.39 Å². The largest absolute Gasteiger partial charge is 0.455 e. The molecule has 1 heterocycles. The fourth-order valence-electron chi connectivity index (χ4n) is 2.55. The molecule has 5 heteroatoms. The van der Waals surface area contributed by atoms with Gasteiger partial charge in [0.2, 0.25) is 0 Å². The van der Waals surface area contributed by atoms with Crippen LogP contribution in [0.5, 0.6) is 0 Å². The zero-order chi connectivity index (χ0) is 18.4. The molecule has 0 bridgehead atoms. The average molecular weight is 369 g/mol. The Hall–Kier alpha value is -2.53. The van der Waals surface area contributed by atoms with Gasteiger partial charge in [-0.05, 0) is 36.2 Å². The van der Waals surface area contributed by atoms with Crippen LogP contribution in [-0.2, 0) is 11.5 Å². The molecular weight excluding hydrogens is 349 g/mol. The first-order valence-corrected chi connectivity index (χ1v) is 9.54. The van der Waals surface area contributed by atoms with Crippen LogP contribution in [0.2, 0.25) is 0 Å². The molecule has 134 valence electrons. The molecule has 1 atom stereocenters. The van der Waals surface area contributed by atoms with Gasteiger partial charge >= 0.3 is 0 Å². The van der Waals surface area contributed by atoms with Crippen molar-refractivity contribution in [1.29, 1.82) is 0 Å². The summed E-state index contributed by atoms with van der Waals surface area (Å²) in [6, 6.07) is 19.8. The van der Waals surface area contributed by atoms with E-state index in [0.717, 1.165) is 5.56 Å². The first-order valence-electron chi connectivity index (χ1n) is 8.39. The van der Waals surface area contributed by atoms with Crippen LogP contribution >= 0.6 is 11.8 Å². The molecule has 1 aromatic heterocycles. The monoisotopic (exact) mass is 369 g/mol. The van der Waals surface area contributed by atoms with Crippen molar-refractivity contribution in [3.8, 4) is 0 Å². The van der Waals surface area contributed by atoms with E-state index in [2.05, 4.69) is 5.32 Å². The predicted molar refractivity (Wildman–Crippen MR) is 102 cm³/mol. The lowest BCUT2D eigenvalue weighted by molar-refractivity contribution is 0.0910. The molecule has 0 radical (unpaired) electrons. The molecule has 0 unspecified atom stereocenters. The molecule has 26 heavy (non-hydrogen) atoms. The second-order valence-electron chi connectivity index (χ2n) is 5.96. The summed E-state index contributed by atoms with van der Waals surface area (Å²) in [4.78, 5) is 12.3. The zero-order valence-corrected chi connectivity index (χ0v) is 15.3. The zero-order valence-electron chi connectivity index (χ0n) is 14.4. The van der Waals surface area contributed by atoms with Crippen molar-refractivity contribution in [2.24, 2.45) is 0 Å². The van der Waals surface area contributed by atoms with Gasteiger partial charge in [-0.3, -0.25) is 4.79 Å². The number of carbonyl (C=O) groups excluding carboxylic acids is 1. The highest BCUT2D eigenvalue weighted by atomic mass is 32.2. The van der Waals surface area contributed by atoms with Crippen molar-refractivity contribution in [1.82, 2.24) is 5.32 Å². The van der Waals surface area contributed by atoms with Crippen LogP contribution in [0.1, 0.15) is 40.4 Å². The summed E-state index contributed by atoms with van der Waals surface area (Å²) in [6.45, 7) is 1.93. The summed E-state index contributed by atoms with van der Waals surface area (Å²) in [5.74, 6) is 1.68. The van der Waals surface area contributed by atoms with E-state index in [0.29, 0.717) is 22.8 Å². The number of hydrogen-bond donors (Lipinski definition) is 1. The van der Waals surface area contributed by atoms with Gasteiger partial charge in [-0.15, -0.1) is 11.8 Å². The molecule has 0 aliphatic heterocycles. The summed E-state index contributed by atoms with van der Waals surface area (Å²) in [5, 5.41) is 2.93. The van der Waals surface area contributed by atoms with Crippen LogP contribution in [0.15, 0.2) is 71.1 Å². The third-order valence-electron chi connectivity index (χ3n) is 3.99. The SMILES string of the molecule is C[C@H](NC(=O)c1ccc(CSCc2ccccc2F)o1)c1ccccc1. The number of amides is 1. The molecule has 0 saturated heterocycles. The average Bonchev–Trinajstić information content (AvgIpc) is 3.13. The maximum absolute atomic E-state index is 13.6. The molecule has 2 aromatic carbocycles.